The fourth-order valence-electron chi connectivity index (χ4n) is 4.30. The molecule has 0 saturated carbocycles. The molecule has 4 bridgehead atoms. The van der Waals surface area contributed by atoms with Gasteiger partial charge in [-0.3, -0.25) is 0 Å². The molecule has 12 heteroatoms. The van der Waals surface area contributed by atoms with E-state index in [9.17, 15) is 52.7 Å². The van der Waals surface area contributed by atoms with Crippen molar-refractivity contribution in [3.8, 4) is 0 Å². The van der Waals surface area contributed by atoms with Gasteiger partial charge in [0, 0.05) is 11.1 Å². The molecule has 26 heavy (non-hydrogen) atoms. The van der Waals surface area contributed by atoms with Gasteiger partial charge < -0.3 is 0 Å². The second-order valence-electron chi connectivity index (χ2n) is 6.62. The van der Waals surface area contributed by atoms with Crippen molar-refractivity contribution in [3.63, 3.8) is 0 Å². The highest BCUT2D eigenvalue weighted by molar-refractivity contribution is 5.75. The Bertz CT molecular complexity index is 880. The number of allylic oxidation sites excluding steroid dienone is 6. The molecule has 5 aliphatic rings. The summed E-state index contributed by atoms with van der Waals surface area (Å²) in [6.07, 6.45) is -0.420. The first kappa shape index (κ1) is 17.8. The number of hydrogen-bond acceptors (Lipinski definition) is 0. The predicted octanol–water partition coefficient (Wildman–Crippen LogP) is 5.17. The van der Waals surface area contributed by atoms with Crippen molar-refractivity contribution in [2.24, 2.45) is 0 Å². The maximum Gasteiger partial charge on any atom is 0.358 e. The van der Waals surface area contributed by atoms with Crippen LogP contribution in [-0.4, -0.2) is 40.4 Å². The van der Waals surface area contributed by atoms with E-state index in [2.05, 4.69) is 0 Å². The average molecular weight is 400 g/mol. The fraction of sp³-hybridized carbons (Fsp3) is 0.571. The highest BCUT2D eigenvalue weighted by atomic mass is 19.3. The van der Waals surface area contributed by atoms with E-state index in [1.807, 2.05) is 0 Å². The van der Waals surface area contributed by atoms with Crippen LogP contribution in [0.5, 0.6) is 0 Å². The van der Waals surface area contributed by atoms with Gasteiger partial charge in [0.15, 0.2) is 11.7 Å². The van der Waals surface area contributed by atoms with Gasteiger partial charge in [-0.25, -0.2) is 26.3 Å². The van der Waals surface area contributed by atoms with Gasteiger partial charge in [-0.05, 0) is 18.6 Å². The largest absolute Gasteiger partial charge is 0.358 e. The Morgan fingerprint density at radius 1 is 0.577 bits per heavy atom. The van der Waals surface area contributed by atoms with Gasteiger partial charge in [0.2, 0.25) is 11.3 Å². The molecule has 0 aliphatic heterocycles. The summed E-state index contributed by atoms with van der Waals surface area (Å²) in [6, 6.07) is 0. The Morgan fingerprint density at radius 2 is 0.962 bits per heavy atom. The van der Waals surface area contributed by atoms with Crippen LogP contribution >= 0.6 is 0 Å². The first-order valence-corrected chi connectivity index (χ1v) is 6.85. The van der Waals surface area contributed by atoms with Gasteiger partial charge in [0.25, 0.3) is 11.3 Å². The second-order valence-corrected chi connectivity index (χ2v) is 6.62. The Morgan fingerprint density at radius 3 is 1.38 bits per heavy atom. The second kappa shape index (κ2) is 3.68. The quantitative estimate of drug-likeness (QED) is 0.389. The molecule has 5 rings (SSSR count). The highest BCUT2D eigenvalue weighted by Crippen LogP contribution is 2.80. The number of alkyl halides is 10. The van der Waals surface area contributed by atoms with E-state index in [1.54, 1.807) is 0 Å². The predicted molar refractivity (Wildman–Crippen MR) is 60.2 cm³/mol. The van der Waals surface area contributed by atoms with Crippen LogP contribution in [0.15, 0.2) is 34.4 Å². The van der Waals surface area contributed by atoms with Crippen LogP contribution in [0.4, 0.5) is 52.7 Å². The third-order valence-corrected chi connectivity index (χ3v) is 5.55. The monoisotopic (exact) mass is 400 g/mol. The number of rotatable bonds is 0. The van der Waals surface area contributed by atoms with E-state index in [1.165, 1.54) is 0 Å². The summed E-state index contributed by atoms with van der Waals surface area (Å²) in [5.74, 6) is -25.7. The minimum atomic E-state index is -6.52. The van der Waals surface area contributed by atoms with Crippen molar-refractivity contribution in [2.75, 3.05) is 0 Å². The summed E-state index contributed by atoms with van der Waals surface area (Å²) in [7, 11) is 0. The molecule has 0 aromatic rings. The van der Waals surface area contributed by atoms with Crippen molar-refractivity contribution in [1.29, 1.82) is 0 Å². The van der Waals surface area contributed by atoms with Gasteiger partial charge in [-0.1, -0.05) is 0 Å². The van der Waals surface area contributed by atoms with Crippen LogP contribution in [0.25, 0.3) is 0 Å². The molecule has 4 unspecified atom stereocenters. The summed E-state index contributed by atoms with van der Waals surface area (Å²) in [5, 5.41) is 0. The van der Waals surface area contributed by atoms with E-state index in [4.69, 9.17) is 0 Å². The van der Waals surface area contributed by atoms with E-state index in [0.717, 1.165) is 0 Å². The zero-order chi connectivity index (χ0) is 20.1. The maximum absolute atomic E-state index is 15.0. The maximum atomic E-state index is 15.0. The minimum absolute atomic E-state index is 0.365. The summed E-state index contributed by atoms with van der Waals surface area (Å²) in [5.41, 5.74) is -28.7. The average Bonchev–Trinajstić information content (AvgIpc) is 2.73. The Balaban J connectivity index is 2.26. The molecule has 0 aromatic carbocycles. The van der Waals surface area contributed by atoms with E-state index >= 15 is 0 Å². The van der Waals surface area contributed by atoms with Gasteiger partial charge in [-0.15, -0.1) is 0 Å². The van der Waals surface area contributed by atoms with Crippen molar-refractivity contribution in [3.05, 3.63) is 34.4 Å². The third kappa shape index (κ3) is 1.06. The molecular formula is C14H4F12. The summed E-state index contributed by atoms with van der Waals surface area (Å²) in [6.45, 7) is 0.365. The summed E-state index contributed by atoms with van der Waals surface area (Å²) >= 11 is 0. The molecule has 4 atom stereocenters. The van der Waals surface area contributed by atoms with Crippen molar-refractivity contribution in [1.82, 2.24) is 0 Å². The number of fused-ring (bicyclic) bond motifs is 3. The van der Waals surface area contributed by atoms with Crippen LogP contribution in [-0.2, 0) is 0 Å². The van der Waals surface area contributed by atoms with Crippen LogP contribution in [0.2, 0.25) is 0 Å². The summed E-state index contributed by atoms with van der Waals surface area (Å²) < 4.78 is 172. The SMILES string of the molecule is CC1=CC2(F)C3=C(C1(F)C2(F)F)C1(F)C(F)=C(F)C3(F)C(F)(F)C1(F)F. The first-order valence-electron chi connectivity index (χ1n) is 6.85. The molecule has 0 nitrogen and oxygen atoms in total. The van der Waals surface area contributed by atoms with E-state index in [-0.39, 0.29) is 0 Å². The molecule has 0 fully saturated rings. The smallest absolute Gasteiger partial charge is 0.227 e. The fourth-order valence-corrected chi connectivity index (χ4v) is 4.30. The first-order chi connectivity index (χ1) is 11.4. The molecule has 5 aliphatic carbocycles. The zero-order valence-corrected chi connectivity index (χ0v) is 12.1. The Kier molecular flexibility index (Phi) is 2.52. The lowest BCUT2D eigenvalue weighted by atomic mass is 9.58. The number of hydrogen-bond donors (Lipinski definition) is 0. The van der Waals surface area contributed by atoms with Crippen molar-refractivity contribution in [2.45, 2.75) is 47.4 Å². The molecule has 0 radical (unpaired) electrons. The molecule has 0 spiro atoms. The van der Waals surface area contributed by atoms with Crippen LogP contribution in [0.3, 0.4) is 0 Å². The van der Waals surface area contributed by atoms with E-state index in [0.29, 0.717) is 6.92 Å². The van der Waals surface area contributed by atoms with Crippen LogP contribution < -0.4 is 0 Å². The van der Waals surface area contributed by atoms with Gasteiger partial charge in [0.05, 0.1) is 0 Å². The topological polar surface area (TPSA) is 0 Å². The molecule has 0 heterocycles. The van der Waals surface area contributed by atoms with Crippen molar-refractivity contribution >= 4 is 0 Å². The highest BCUT2D eigenvalue weighted by Gasteiger charge is 2.99. The Hall–Kier alpha value is -1.62. The summed E-state index contributed by atoms with van der Waals surface area (Å²) in [4.78, 5) is 0. The molecule has 0 amide bonds. The van der Waals surface area contributed by atoms with Gasteiger partial charge in [0.1, 0.15) is 0 Å². The third-order valence-electron chi connectivity index (χ3n) is 5.55. The van der Waals surface area contributed by atoms with Gasteiger partial charge >= 0.3 is 17.8 Å². The zero-order valence-electron chi connectivity index (χ0n) is 12.1. The lowest BCUT2D eigenvalue weighted by Crippen LogP contribution is -2.75. The molecule has 0 N–H and O–H groups in total. The van der Waals surface area contributed by atoms with Crippen LogP contribution in [0, 0.1) is 0 Å². The lowest BCUT2D eigenvalue weighted by molar-refractivity contribution is -0.316. The van der Waals surface area contributed by atoms with E-state index < -0.39 is 74.9 Å². The molecule has 144 valence electrons. The van der Waals surface area contributed by atoms with Gasteiger partial charge in [-0.2, -0.15) is 26.3 Å². The lowest BCUT2D eigenvalue weighted by Gasteiger charge is -2.54. The normalized spacial score (nSPS) is 49.7. The Labute approximate surface area is 135 Å². The molecule has 0 saturated heterocycles. The van der Waals surface area contributed by atoms with Crippen molar-refractivity contribution < 1.29 is 52.7 Å². The van der Waals surface area contributed by atoms with Crippen LogP contribution in [0.1, 0.15) is 6.92 Å². The molecular weight excluding hydrogens is 396 g/mol. The minimum Gasteiger partial charge on any atom is -0.227 e. The molecule has 0 aromatic heterocycles. The standard InChI is InChI=1S/C14H4F12/c1-3-2-8(17)4-5(9(3,18)12(8,21)22)11(20)7(16)6(15)10(4,19)13(23,24)14(11,25)26/h2H,1H3. The number of halogens is 12.